The third kappa shape index (κ3) is 6.66. The highest BCUT2D eigenvalue weighted by molar-refractivity contribution is 14.0. The van der Waals surface area contributed by atoms with Crippen molar-refractivity contribution in [1.29, 1.82) is 0 Å². The molecule has 34 heavy (non-hydrogen) atoms. The Balaban J connectivity index is 0.00000324. The van der Waals surface area contributed by atoms with Gasteiger partial charge in [-0.3, -0.25) is 4.99 Å². The minimum absolute atomic E-state index is 0. The summed E-state index contributed by atoms with van der Waals surface area (Å²) in [6, 6.07) is 18.9. The van der Waals surface area contributed by atoms with Crippen molar-refractivity contribution in [2.45, 2.75) is 39.4 Å². The van der Waals surface area contributed by atoms with Crippen molar-refractivity contribution in [3.63, 3.8) is 0 Å². The molecule has 2 aromatic heterocycles. The van der Waals surface area contributed by atoms with Gasteiger partial charge in [0.05, 0.1) is 18.8 Å². The molecule has 0 aliphatic rings. The van der Waals surface area contributed by atoms with Gasteiger partial charge in [-0.15, -0.1) is 24.0 Å². The molecule has 4 rings (SSSR count). The van der Waals surface area contributed by atoms with Gasteiger partial charge in [-0.2, -0.15) is 5.10 Å². The fourth-order valence-electron chi connectivity index (χ4n) is 3.50. The van der Waals surface area contributed by atoms with Crippen LogP contribution in [0.3, 0.4) is 0 Å². The Hall–Kier alpha value is -3.21. The predicted octanol–water partition coefficient (Wildman–Crippen LogP) is 4.59. The summed E-state index contributed by atoms with van der Waals surface area (Å²) in [4.78, 5) is 8.33. The van der Waals surface area contributed by atoms with Crippen LogP contribution < -0.4 is 10.6 Å². The largest absolute Gasteiger partial charge is 0.359 e. The summed E-state index contributed by atoms with van der Waals surface area (Å²) >= 11 is 0. The van der Waals surface area contributed by atoms with Crippen molar-refractivity contribution in [1.82, 2.24) is 30.6 Å². The third-order valence-corrected chi connectivity index (χ3v) is 5.36. The molecule has 2 N–H and O–H groups in total. The number of nitrogens with zero attached hydrogens (tertiary/aromatic N) is 5. The van der Waals surface area contributed by atoms with E-state index in [0.29, 0.717) is 31.5 Å². The maximum atomic E-state index is 5.40. The Morgan fingerprint density at radius 2 is 1.82 bits per heavy atom. The van der Waals surface area contributed by atoms with Crippen LogP contribution in [0.15, 0.2) is 76.8 Å². The molecule has 0 atom stereocenters. The minimum Gasteiger partial charge on any atom is -0.359 e. The molecule has 2 heterocycles. The van der Waals surface area contributed by atoms with Crippen LogP contribution in [0, 0.1) is 0 Å². The molecule has 4 aromatic rings. The smallest absolute Gasteiger partial charge is 0.191 e. The summed E-state index contributed by atoms with van der Waals surface area (Å²) in [5.74, 6) is 1.83. The molecule has 0 bridgehead atoms. The molecule has 0 unspecified atom stereocenters. The number of aliphatic imine (C=N–C) groups is 1. The zero-order chi connectivity index (χ0) is 23.0. The number of aromatic nitrogens is 4. The topological polar surface area (TPSA) is 93.2 Å². The first-order chi connectivity index (χ1) is 16.1. The van der Waals surface area contributed by atoms with Gasteiger partial charge in [-0.05, 0) is 28.2 Å². The lowest BCUT2D eigenvalue weighted by atomic mass is 9.98. The Morgan fingerprint density at radius 1 is 1.06 bits per heavy atom. The van der Waals surface area contributed by atoms with E-state index in [1.807, 2.05) is 10.7 Å². The van der Waals surface area contributed by atoms with Gasteiger partial charge in [0.2, 0.25) is 0 Å². The van der Waals surface area contributed by atoms with Crippen molar-refractivity contribution in [3.05, 3.63) is 89.8 Å². The van der Waals surface area contributed by atoms with Crippen molar-refractivity contribution >= 4 is 29.9 Å². The molecule has 0 radical (unpaired) electrons. The lowest BCUT2D eigenvalue weighted by Gasteiger charge is -2.14. The quantitative estimate of drug-likeness (QED) is 0.183. The second kappa shape index (κ2) is 12.3. The SMILES string of the molecule is CN=C(NCc1cc(C(C)C)no1)NCc1ccccc1-c1ccc(Cn2cncn2)cc1.I. The van der Waals surface area contributed by atoms with E-state index < -0.39 is 0 Å². The van der Waals surface area contributed by atoms with Crippen molar-refractivity contribution in [2.24, 2.45) is 4.99 Å². The molecule has 0 aliphatic heterocycles. The van der Waals surface area contributed by atoms with Crippen LogP contribution in [0.2, 0.25) is 0 Å². The van der Waals surface area contributed by atoms with Crippen LogP contribution in [-0.4, -0.2) is 32.9 Å². The molecule has 0 amide bonds. The normalized spacial score (nSPS) is 11.4. The van der Waals surface area contributed by atoms with E-state index in [1.54, 1.807) is 19.7 Å². The number of halogens is 1. The number of hydrogen-bond acceptors (Lipinski definition) is 5. The van der Waals surface area contributed by atoms with Gasteiger partial charge >= 0.3 is 0 Å². The average molecular weight is 571 g/mol. The van der Waals surface area contributed by atoms with Gasteiger partial charge in [0.25, 0.3) is 0 Å². The summed E-state index contributed by atoms with van der Waals surface area (Å²) in [5, 5.41) is 15.0. The van der Waals surface area contributed by atoms with E-state index in [4.69, 9.17) is 4.52 Å². The van der Waals surface area contributed by atoms with E-state index in [2.05, 4.69) is 93.2 Å². The summed E-state index contributed by atoms with van der Waals surface area (Å²) < 4.78 is 7.21. The lowest BCUT2D eigenvalue weighted by Crippen LogP contribution is -2.36. The third-order valence-electron chi connectivity index (χ3n) is 5.36. The van der Waals surface area contributed by atoms with Crippen molar-refractivity contribution in [2.75, 3.05) is 7.05 Å². The molecule has 2 aromatic carbocycles. The molecular formula is C25H30IN7O. The molecule has 9 heteroatoms. The number of guanidine groups is 1. The highest BCUT2D eigenvalue weighted by Gasteiger charge is 2.09. The zero-order valence-corrected chi connectivity index (χ0v) is 21.9. The first kappa shape index (κ1) is 25.4. The minimum atomic E-state index is 0. The van der Waals surface area contributed by atoms with Crippen molar-refractivity contribution in [3.8, 4) is 11.1 Å². The Bertz CT molecular complexity index is 1180. The fraction of sp³-hybridized carbons (Fsp3) is 0.280. The van der Waals surface area contributed by atoms with Gasteiger partial charge in [0.15, 0.2) is 11.7 Å². The highest BCUT2D eigenvalue weighted by atomic mass is 127. The summed E-state index contributed by atoms with van der Waals surface area (Å²) in [7, 11) is 1.76. The Kier molecular flexibility index (Phi) is 9.20. The Morgan fingerprint density at radius 3 is 2.50 bits per heavy atom. The predicted molar refractivity (Wildman–Crippen MR) is 144 cm³/mol. The van der Waals surface area contributed by atoms with E-state index in [0.717, 1.165) is 11.5 Å². The zero-order valence-electron chi connectivity index (χ0n) is 19.6. The van der Waals surface area contributed by atoms with Gasteiger partial charge in [-0.1, -0.05) is 67.5 Å². The van der Waals surface area contributed by atoms with Crippen LogP contribution in [0.25, 0.3) is 11.1 Å². The Labute approximate surface area is 216 Å². The molecule has 178 valence electrons. The van der Waals surface area contributed by atoms with Gasteiger partial charge in [0.1, 0.15) is 12.7 Å². The standard InChI is InChI=1S/C25H29N7O.HI/c1-18(2)24-12-22(33-31-24)14-29-25(26-3)28-13-21-6-4-5-7-23(21)20-10-8-19(9-11-20)15-32-17-27-16-30-32;/h4-12,16-18H,13-15H2,1-3H3,(H2,26,28,29);1H. The van der Waals surface area contributed by atoms with Crippen LogP contribution >= 0.6 is 24.0 Å². The van der Waals surface area contributed by atoms with E-state index in [1.165, 1.54) is 22.3 Å². The van der Waals surface area contributed by atoms with Gasteiger partial charge < -0.3 is 15.2 Å². The van der Waals surface area contributed by atoms with E-state index in [9.17, 15) is 0 Å². The van der Waals surface area contributed by atoms with Crippen molar-refractivity contribution < 1.29 is 4.52 Å². The van der Waals surface area contributed by atoms with Crippen LogP contribution in [0.4, 0.5) is 0 Å². The lowest BCUT2D eigenvalue weighted by molar-refractivity contribution is 0.372. The first-order valence-electron chi connectivity index (χ1n) is 11.0. The first-order valence-corrected chi connectivity index (χ1v) is 11.0. The van der Waals surface area contributed by atoms with Crippen LogP contribution in [0.1, 0.15) is 42.3 Å². The van der Waals surface area contributed by atoms with Gasteiger partial charge in [-0.25, -0.2) is 9.67 Å². The average Bonchev–Trinajstić information content (AvgIpc) is 3.52. The van der Waals surface area contributed by atoms with E-state index in [-0.39, 0.29) is 24.0 Å². The number of rotatable bonds is 8. The summed E-state index contributed by atoms with van der Waals surface area (Å²) in [5.41, 5.74) is 5.67. The molecule has 0 spiro atoms. The van der Waals surface area contributed by atoms with Gasteiger partial charge in [0, 0.05) is 19.7 Å². The molecule has 0 aliphatic carbocycles. The molecule has 8 nitrogen and oxygen atoms in total. The maximum Gasteiger partial charge on any atom is 0.191 e. The fourth-order valence-corrected chi connectivity index (χ4v) is 3.50. The summed E-state index contributed by atoms with van der Waals surface area (Å²) in [6.07, 6.45) is 3.27. The van der Waals surface area contributed by atoms with E-state index >= 15 is 0 Å². The molecule has 0 saturated carbocycles. The molecule has 0 saturated heterocycles. The number of nitrogens with one attached hydrogen (secondary N) is 2. The number of benzene rings is 2. The molecular weight excluding hydrogens is 541 g/mol. The maximum absolute atomic E-state index is 5.40. The highest BCUT2D eigenvalue weighted by Crippen LogP contribution is 2.24. The molecule has 0 fully saturated rings. The monoisotopic (exact) mass is 571 g/mol. The second-order valence-electron chi connectivity index (χ2n) is 8.10. The summed E-state index contributed by atoms with van der Waals surface area (Å²) in [6.45, 7) is 6.06. The van der Waals surface area contributed by atoms with Crippen LogP contribution in [0.5, 0.6) is 0 Å². The second-order valence-corrected chi connectivity index (χ2v) is 8.10. The number of hydrogen-bond donors (Lipinski definition) is 2. The van der Waals surface area contributed by atoms with Crippen LogP contribution in [-0.2, 0) is 19.6 Å².